The molecule has 1 aliphatic carbocycles. The molecule has 1 aromatic rings. The lowest BCUT2D eigenvalue weighted by Crippen LogP contribution is -2.38. The van der Waals surface area contributed by atoms with Crippen molar-refractivity contribution in [2.75, 3.05) is 19.7 Å². The van der Waals surface area contributed by atoms with E-state index in [0.29, 0.717) is 13.0 Å². The summed E-state index contributed by atoms with van der Waals surface area (Å²) in [5.41, 5.74) is 2.41. The van der Waals surface area contributed by atoms with Crippen molar-refractivity contribution < 1.29 is 19.1 Å². The molecule has 3 rings (SSSR count). The van der Waals surface area contributed by atoms with E-state index in [1.54, 1.807) is 0 Å². The zero-order valence-corrected chi connectivity index (χ0v) is 15.0. The van der Waals surface area contributed by atoms with Gasteiger partial charge in [0.15, 0.2) is 6.61 Å². The van der Waals surface area contributed by atoms with E-state index in [0.717, 1.165) is 44.1 Å². The van der Waals surface area contributed by atoms with Crippen LogP contribution in [-0.4, -0.2) is 42.4 Å². The molecule has 2 aliphatic rings. The molecule has 2 amide bonds. The molecule has 0 bridgehead atoms. The number of aryl methyl sites for hydroxylation is 1. The molecule has 1 heterocycles. The van der Waals surface area contributed by atoms with Crippen molar-refractivity contribution in [3.05, 3.63) is 35.4 Å². The zero-order chi connectivity index (χ0) is 18.4. The Morgan fingerprint density at radius 1 is 1.12 bits per heavy atom. The van der Waals surface area contributed by atoms with Crippen molar-refractivity contribution >= 4 is 17.8 Å². The van der Waals surface area contributed by atoms with Crippen molar-refractivity contribution in [1.82, 2.24) is 10.2 Å². The number of carbonyl (C=O) groups excluding carboxylic acids is 3. The van der Waals surface area contributed by atoms with Gasteiger partial charge in [0.25, 0.3) is 5.91 Å². The van der Waals surface area contributed by atoms with Crippen LogP contribution in [0.3, 0.4) is 0 Å². The molecule has 1 N–H and O–H groups in total. The van der Waals surface area contributed by atoms with Gasteiger partial charge in [0, 0.05) is 13.0 Å². The summed E-state index contributed by atoms with van der Waals surface area (Å²) in [6.45, 7) is 0.205. The summed E-state index contributed by atoms with van der Waals surface area (Å²) in [7, 11) is 0. The number of hydrogen-bond acceptors (Lipinski definition) is 4. The summed E-state index contributed by atoms with van der Waals surface area (Å²) in [4.78, 5) is 37.6. The summed E-state index contributed by atoms with van der Waals surface area (Å²) in [5, 5.41) is 2.96. The second-order valence-corrected chi connectivity index (χ2v) is 7.00. The fourth-order valence-electron chi connectivity index (χ4n) is 3.69. The predicted octanol–water partition coefficient (Wildman–Crippen LogP) is 2.13. The first-order valence-corrected chi connectivity index (χ1v) is 9.44. The number of hydrogen-bond donors (Lipinski definition) is 1. The van der Waals surface area contributed by atoms with Crippen LogP contribution in [-0.2, 0) is 25.5 Å². The van der Waals surface area contributed by atoms with Gasteiger partial charge in [-0.05, 0) is 43.2 Å². The van der Waals surface area contributed by atoms with E-state index in [1.807, 2.05) is 18.2 Å². The fraction of sp³-hybridized carbons (Fsp3) is 0.550. The van der Waals surface area contributed by atoms with E-state index in [1.165, 1.54) is 10.5 Å². The molecule has 0 aromatic heterocycles. The molecular formula is C20H26N2O4. The highest BCUT2D eigenvalue weighted by Crippen LogP contribution is 2.29. The molecule has 1 aliphatic heterocycles. The maximum atomic E-state index is 12.2. The topological polar surface area (TPSA) is 75.7 Å². The van der Waals surface area contributed by atoms with Gasteiger partial charge in [-0.25, -0.2) is 0 Å². The lowest BCUT2D eigenvalue weighted by Gasteiger charge is -2.26. The highest BCUT2D eigenvalue weighted by Gasteiger charge is 2.23. The summed E-state index contributed by atoms with van der Waals surface area (Å²) in [5.74, 6) is -0.843. The minimum atomic E-state index is -0.528. The zero-order valence-electron chi connectivity index (χ0n) is 15.0. The Kier molecular flexibility index (Phi) is 6.26. The molecule has 6 nitrogen and oxygen atoms in total. The Hall–Kier alpha value is -2.37. The predicted molar refractivity (Wildman–Crippen MR) is 96.3 cm³/mol. The molecule has 1 unspecified atom stereocenters. The number of esters is 1. The van der Waals surface area contributed by atoms with Gasteiger partial charge < -0.3 is 15.0 Å². The number of benzene rings is 1. The van der Waals surface area contributed by atoms with Crippen LogP contribution in [0.15, 0.2) is 24.3 Å². The van der Waals surface area contributed by atoms with Gasteiger partial charge in [-0.2, -0.15) is 0 Å². The number of fused-ring (bicyclic) bond motifs is 1. The number of ether oxygens (including phenoxy) is 1. The minimum Gasteiger partial charge on any atom is -0.454 e. The maximum absolute atomic E-state index is 12.2. The lowest BCUT2D eigenvalue weighted by molar-refractivity contribution is -0.152. The molecule has 1 aromatic carbocycles. The van der Waals surface area contributed by atoms with Crippen molar-refractivity contribution in [2.45, 2.75) is 51.0 Å². The molecule has 0 radical (unpaired) electrons. The van der Waals surface area contributed by atoms with Crippen LogP contribution in [0.25, 0.3) is 0 Å². The van der Waals surface area contributed by atoms with Crippen LogP contribution in [0.4, 0.5) is 0 Å². The van der Waals surface area contributed by atoms with E-state index >= 15 is 0 Å². The molecular weight excluding hydrogens is 332 g/mol. The third-order valence-electron chi connectivity index (χ3n) is 5.06. The smallest absolute Gasteiger partial charge is 0.326 e. The average molecular weight is 358 g/mol. The summed E-state index contributed by atoms with van der Waals surface area (Å²) < 4.78 is 5.08. The SMILES string of the molecule is O=C(COC(=O)CN1CCCCCC1=O)NC1CCCc2ccccc21. The van der Waals surface area contributed by atoms with Crippen LogP contribution < -0.4 is 5.32 Å². The monoisotopic (exact) mass is 358 g/mol. The largest absolute Gasteiger partial charge is 0.454 e. The van der Waals surface area contributed by atoms with Gasteiger partial charge in [-0.1, -0.05) is 30.7 Å². The van der Waals surface area contributed by atoms with E-state index < -0.39 is 5.97 Å². The first kappa shape index (κ1) is 18.4. The molecule has 26 heavy (non-hydrogen) atoms. The molecule has 140 valence electrons. The lowest BCUT2D eigenvalue weighted by atomic mass is 9.88. The Balaban J connectivity index is 1.45. The quantitative estimate of drug-likeness (QED) is 0.818. The number of nitrogens with one attached hydrogen (secondary N) is 1. The highest BCUT2D eigenvalue weighted by atomic mass is 16.5. The molecule has 0 spiro atoms. The molecule has 1 fully saturated rings. The third-order valence-corrected chi connectivity index (χ3v) is 5.06. The van der Waals surface area contributed by atoms with Crippen LogP contribution in [0.1, 0.15) is 55.7 Å². The van der Waals surface area contributed by atoms with E-state index in [2.05, 4.69) is 11.4 Å². The Morgan fingerprint density at radius 2 is 1.96 bits per heavy atom. The molecule has 0 saturated carbocycles. The summed E-state index contributed by atoms with van der Waals surface area (Å²) in [6.07, 6.45) is 6.20. The first-order chi connectivity index (χ1) is 12.6. The van der Waals surface area contributed by atoms with Gasteiger partial charge in [0.2, 0.25) is 5.91 Å². The van der Waals surface area contributed by atoms with E-state index in [-0.39, 0.29) is 31.0 Å². The Morgan fingerprint density at radius 3 is 2.85 bits per heavy atom. The Labute approximate surface area is 153 Å². The van der Waals surface area contributed by atoms with Crippen LogP contribution in [0.2, 0.25) is 0 Å². The molecule has 6 heteroatoms. The third kappa shape index (κ3) is 4.84. The van der Waals surface area contributed by atoms with Crippen molar-refractivity contribution in [1.29, 1.82) is 0 Å². The summed E-state index contributed by atoms with van der Waals surface area (Å²) in [6, 6.07) is 8.08. The van der Waals surface area contributed by atoms with Crippen LogP contribution in [0, 0.1) is 0 Å². The van der Waals surface area contributed by atoms with E-state index in [9.17, 15) is 14.4 Å². The first-order valence-electron chi connectivity index (χ1n) is 9.44. The Bertz CT molecular complexity index is 674. The van der Waals surface area contributed by atoms with Gasteiger partial charge in [0.05, 0.1) is 6.04 Å². The van der Waals surface area contributed by atoms with Gasteiger partial charge in [-0.3, -0.25) is 14.4 Å². The summed E-state index contributed by atoms with van der Waals surface area (Å²) >= 11 is 0. The standard InChI is InChI=1S/C20H26N2O4/c23-18(21-17-10-6-8-15-7-3-4-9-16(15)17)14-26-20(25)13-22-12-5-1-2-11-19(22)24/h3-4,7,9,17H,1-2,5-6,8,10-14H2,(H,21,23). The number of rotatable bonds is 5. The second-order valence-electron chi connectivity index (χ2n) is 7.00. The minimum absolute atomic E-state index is 0.0114. The highest BCUT2D eigenvalue weighted by molar-refractivity contribution is 5.84. The van der Waals surface area contributed by atoms with E-state index in [4.69, 9.17) is 4.74 Å². The van der Waals surface area contributed by atoms with Gasteiger partial charge in [0.1, 0.15) is 6.54 Å². The van der Waals surface area contributed by atoms with Crippen molar-refractivity contribution in [2.24, 2.45) is 0 Å². The fourth-order valence-corrected chi connectivity index (χ4v) is 3.69. The molecule has 1 atom stereocenters. The van der Waals surface area contributed by atoms with Gasteiger partial charge in [-0.15, -0.1) is 0 Å². The van der Waals surface area contributed by atoms with Crippen LogP contribution >= 0.6 is 0 Å². The number of amides is 2. The average Bonchev–Trinajstić information content (AvgIpc) is 2.85. The second kappa shape index (κ2) is 8.83. The normalized spacial score (nSPS) is 20.1. The van der Waals surface area contributed by atoms with Crippen LogP contribution in [0.5, 0.6) is 0 Å². The number of carbonyl (C=O) groups is 3. The van der Waals surface area contributed by atoms with Gasteiger partial charge >= 0.3 is 5.97 Å². The van der Waals surface area contributed by atoms with Crippen molar-refractivity contribution in [3.8, 4) is 0 Å². The van der Waals surface area contributed by atoms with Crippen molar-refractivity contribution in [3.63, 3.8) is 0 Å². The maximum Gasteiger partial charge on any atom is 0.326 e. The number of likely N-dealkylation sites (tertiary alicyclic amines) is 1. The molecule has 1 saturated heterocycles. The number of nitrogens with zero attached hydrogens (tertiary/aromatic N) is 1.